The molecule has 0 atom stereocenters. The minimum absolute atomic E-state index is 0.633. The van der Waals surface area contributed by atoms with Crippen LogP contribution < -0.4 is 0 Å². The predicted molar refractivity (Wildman–Crippen MR) is 119 cm³/mol. The monoisotopic (exact) mass is 440 g/mol. The Hall–Kier alpha value is -2.16. The molecule has 152 valence electrons. The molecule has 2 aromatic rings. The van der Waals surface area contributed by atoms with E-state index in [9.17, 15) is 0 Å². The van der Waals surface area contributed by atoms with E-state index in [-0.39, 0.29) is 0 Å². The minimum Gasteiger partial charge on any atom is -0.369 e. The van der Waals surface area contributed by atoms with Crippen LogP contribution in [0.25, 0.3) is 0 Å². The molecule has 0 aliphatic rings. The van der Waals surface area contributed by atoms with Crippen LogP contribution in [0, 0.1) is 0 Å². The summed E-state index contributed by atoms with van der Waals surface area (Å²) in [6.45, 7) is 5.24. The number of aromatic nitrogens is 4. The number of halogens is 1. The van der Waals surface area contributed by atoms with E-state index in [1.54, 1.807) is 31.3 Å². The lowest BCUT2D eigenvalue weighted by Gasteiger charge is -2.03. The van der Waals surface area contributed by atoms with Gasteiger partial charge in [-0.1, -0.05) is 29.8 Å². The van der Waals surface area contributed by atoms with E-state index in [1.807, 2.05) is 48.8 Å². The lowest BCUT2D eigenvalue weighted by molar-refractivity contribution is 0.638. The van der Waals surface area contributed by atoms with Crippen LogP contribution in [0.1, 0.15) is 26.7 Å². The Balaban J connectivity index is 0.000000428. The van der Waals surface area contributed by atoms with Crippen LogP contribution >= 0.6 is 15.9 Å². The summed E-state index contributed by atoms with van der Waals surface area (Å²) in [5, 5.41) is 1.13. The molecule has 0 bridgehead atoms. The van der Waals surface area contributed by atoms with Crippen molar-refractivity contribution in [2.45, 2.75) is 33.2 Å². The van der Waals surface area contributed by atoms with Gasteiger partial charge in [-0.2, -0.15) is 0 Å². The second-order valence-corrected chi connectivity index (χ2v) is 6.73. The first-order chi connectivity index (χ1) is 12.9. The number of imidazole rings is 2. The third-order valence-corrected chi connectivity index (χ3v) is 3.44. The van der Waals surface area contributed by atoms with Gasteiger partial charge in [0.25, 0.3) is 0 Å². The molecule has 0 radical (unpaired) electrons. The van der Waals surface area contributed by atoms with Crippen LogP contribution in [-0.2, 0) is 6.54 Å². The first-order valence-electron chi connectivity index (χ1n) is 8.92. The standard InChI is InChI=1S/C9H16N4.C6H10N4.C3H7Br/c1-4-6-13-7-5-10-9(13)11-8-12(2)3;1-10(2)5-9-6-7-3-4-8-6;1-2-3-4/h5,7-8H,4,6H2,1-3H3;3-5H,1-2H3,(H,7,8);2-3H2,1H3. The van der Waals surface area contributed by atoms with Crippen molar-refractivity contribution in [1.29, 1.82) is 0 Å². The number of H-pyrrole nitrogens is 1. The lowest BCUT2D eigenvalue weighted by atomic mass is 10.5. The number of aliphatic imine (C=N–C) groups is 2. The maximum Gasteiger partial charge on any atom is 0.230 e. The lowest BCUT2D eigenvalue weighted by Crippen LogP contribution is -2.07. The second kappa shape index (κ2) is 16.0. The average molecular weight is 441 g/mol. The molecule has 2 rings (SSSR count). The van der Waals surface area contributed by atoms with Gasteiger partial charge in [0, 0.05) is 64.9 Å². The zero-order valence-electron chi connectivity index (χ0n) is 17.3. The topological polar surface area (TPSA) is 77.7 Å². The average Bonchev–Trinajstić information content (AvgIpc) is 3.31. The molecule has 8 nitrogen and oxygen atoms in total. The van der Waals surface area contributed by atoms with Gasteiger partial charge in [0.15, 0.2) is 0 Å². The van der Waals surface area contributed by atoms with Crippen molar-refractivity contribution in [3.63, 3.8) is 0 Å². The Morgan fingerprint density at radius 3 is 2.15 bits per heavy atom. The van der Waals surface area contributed by atoms with Gasteiger partial charge < -0.3 is 19.4 Å². The van der Waals surface area contributed by atoms with E-state index >= 15 is 0 Å². The van der Waals surface area contributed by atoms with E-state index in [1.165, 1.54) is 6.42 Å². The Kier molecular flexibility index (Phi) is 14.8. The van der Waals surface area contributed by atoms with Crippen LogP contribution in [0.2, 0.25) is 0 Å². The third-order valence-electron chi connectivity index (χ3n) is 2.65. The molecule has 0 aromatic carbocycles. The summed E-state index contributed by atoms with van der Waals surface area (Å²) < 4.78 is 2.04. The Morgan fingerprint density at radius 1 is 1.04 bits per heavy atom. The van der Waals surface area contributed by atoms with Crippen LogP contribution in [0.15, 0.2) is 34.8 Å². The molecule has 2 heterocycles. The predicted octanol–water partition coefficient (Wildman–Crippen LogP) is 3.94. The Bertz CT molecular complexity index is 615. The number of rotatable bonds is 7. The molecular formula is C18H33BrN8. The second-order valence-electron chi connectivity index (χ2n) is 5.94. The largest absolute Gasteiger partial charge is 0.369 e. The van der Waals surface area contributed by atoms with Crippen molar-refractivity contribution in [3.05, 3.63) is 24.8 Å². The minimum atomic E-state index is 0.633. The molecular weight excluding hydrogens is 408 g/mol. The van der Waals surface area contributed by atoms with Gasteiger partial charge in [-0.05, 0) is 12.8 Å². The SMILES string of the molecule is CCCBr.CCCn1ccnc1N=CN(C)C.CN(C)C=Nc1ncc[nH]1. The van der Waals surface area contributed by atoms with Crippen molar-refractivity contribution in [2.24, 2.45) is 9.98 Å². The van der Waals surface area contributed by atoms with Crippen molar-refractivity contribution in [1.82, 2.24) is 29.3 Å². The van der Waals surface area contributed by atoms with Gasteiger partial charge in [0.2, 0.25) is 11.9 Å². The highest BCUT2D eigenvalue weighted by atomic mass is 79.9. The zero-order valence-corrected chi connectivity index (χ0v) is 18.9. The van der Waals surface area contributed by atoms with E-state index < -0.39 is 0 Å². The highest BCUT2D eigenvalue weighted by Gasteiger charge is 1.97. The summed E-state index contributed by atoms with van der Waals surface area (Å²) in [6.07, 6.45) is 12.9. The first-order valence-corrected chi connectivity index (χ1v) is 10.0. The highest BCUT2D eigenvalue weighted by molar-refractivity contribution is 9.09. The molecule has 0 aliphatic heterocycles. The normalized spacial score (nSPS) is 10.3. The van der Waals surface area contributed by atoms with Gasteiger partial charge in [0.1, 0.15) is 0 Å². The van der Waals surface area contributed by atoms with E-state index in [0.29, 0.717) is 5.95 Å². The fourth-order valence-corrected chi connectivity index (χ4v) is 1.51. The van der Waals surface area contributed by atoms with Gasteiger partial charge >= 0.3 is 0 Å². The summed E-state index contributed by atoms with van der Waals surface area (Å²) in [5.41, 5.74) is 0. The van der Waals surface area contributed by atoms with Crippen molar-refractivity contribution in [3.8, 4) is 0 Å². The smallest absolute Gasteiger partial charge is 0.230 e. The Morgan fingerprint density at radius 2 is 1.67 bits per heavy atom. The molecule has 0 saturated carbocycles. The molecule has 0 amide bonds. The number of alkyl halides is 1. The van der Waals surface area contributed by atoms with Gasteiger partial charge in [-0.3, -0.25) is 0 Å². The van der Waals surface area contributed by atoms with Gasteiger partial charge in [0.05, 0.1) is 12.7 Å². The molecule has 2 aromatic heterocycles. The van der Waals surface area contributed by atoms with Crippen LogP contribution in [0.4, 0.5) is 11.9 Å². The first kappa shape index (κ1) is 24.8. The molecule has 0 unspecified atom stereocenters. The number of hydrogen-bond acceptors (Lipinski definition) is 4. The van der Waals surface area contributed by atoms with E-state index in [2.05, 4.69) is 54.7 Å². The van der Waals surface area contributed by atoms with E-state index in [4.69, 9.17) is 0 Å². The third kappa shape index (κ3) is 13.7. The number of aryl methyl sites for hydroxylation is 1. The summed E-state index contributed by atoms with van der Waals surface area (Å²) in [6, 6.07) is 0. The summed E-state index contributed by atoms with van der Waals surface area (Å²) in [5.74, 6) is 1.41. The quantitative estimate of drug-likeness (QED) is 0.401. The number of nitrogens with one attached hydrogen (secondary N) is 1. The fourth-order valence-electron chi connectivity index (χ4n) is 1.51. The van der Waals surface area contributed by atoms with Crippen molar-refractivity contribution >= 4 is 40.5 Å². The zero-order chi connectivity index (χ0) is 20.5. The molecule has 0 saturated heterocycles. The molecule has 0 fully saturated rings. The summed E-state index contributed by atoms with van der Waals surface area (Å²) in [7, 11) is 7.70. The van der Waals surface area contributed by atoms with Gasteiger partial charge in [-0.25, -0.2) is 20.0 Å². The Labute approximate surface area is 171 Å². The molecule has 27 heavy (non-hydrogen) atoms. The molecule has 1 N–H and O–H groups in total. The van der Waals surface area contributed by atoms with Crippen molar-refractivity contribution < 1.29 is 0 Å². The molecule has 0 aliphatic carbocycles. The maximum absolute atomic E-state index is 4.24. The number of hydrogen-bond donors (Lipinski definition) is 1. The number of nitrogens with zero attached hydrogens (tertiary/aromatic N) is 7. The molecule has 0 spiro atoms. The maximum atomic E-state index is 4.24. The van der Waals surface area contributed by atoms with Crippen LogP contribution in [0.5, 0.6) is 0 Å². The highest BCUT2D eigenvalue weighted by Crippen LogP contribution is 2.08. The van der Waals surface area contributed by atoms with Gasteiger partial charge in [-0.15, -0.1) is 0 Å². The summed E-state index contributed by atoms with van der Waals surface area (Å²) in [4.78, 5) is 22.9. The summed E-state index contributed by atoms with van der Waals surface area (Å²) >= 11 is 3.25. The molecule has 9 heteroatoms. The van der Waals surface area contributed by atoms with Crippen LogP contribution in [-0.4, -0.2) is 75.5 Å². The van der Waals surface area contributed by atoms with Crippen LogP contribution in [0.3, 0.4) is 0 Å². The van der Waals surface area contributed by atoms with E-state index in [0.717, 1.165) is 24.2 Å². The van der Waals surface area contributed by atoms with Crippen molar-refractivity contribution in [2.75, 3.05) is 33.5 Å². The number of aromatic amines is 1. The fraction of sp³-hybridized carbons (Fsp3) is 0.556.